The van der Waals surface area contributed by atoms with Crippen LogP contribution in [0.25, 0.3) is 0 Å². The Balaban J connectivity index is 1.49. The molecule has 0 radical (unpaired) electrons. The molecule has 0 saturated carbocycles. The molecule has 1 atom stereocenters. The van der Waals surface area contributed by atoms with E-state index in [9.17, 15) is 14.0 Å². The summed E-state index contributed by atoms with van der Waals surface area (Å²) >= 11 is 1.22. The van der Waals surface area contributed by atoms with Crippen molar-refractivity contribution in [3.05, 3.63) is 78.2 Å². The lowest BCUT2D eigenvalue weighted by molar-refractivity contribution is -0.115. The fraction of sp³-hybridized carbons (Fsp3) is 0.190. The van der Waals surface area contributed by atoms with Crippen LogP contribution in [0.5, 0.6) is 0 Å². The number of thioether (sulfide) groups is 1. The number of hydrogen-bond acceptors (Lipinski definition) is 4. The number of benzene rings is 2. The van der Waals surface area contributed by atoms with Crippen molar-refractivity contribution in [1.82, 2.24) is 9.78 Å². The maximum atomic E-state index is 12.9. The smallest absolute Gasteiger partial charge is 0.238 e. The lowest BCUT2D eigenvalue weighted by atomic mass is 10.2. The Hall–Kier alpha value is -3.13. The van der Waals surface area contributed by atoms with Crippen molar-refractivity contribution in [2.45, 2.75) is 18.7 Å². The summed E-state index contributed by atoms with van der Waals surface area (Å²) in [7, 11) is 0. The van der Waals surface area contributed by atoms with Crippen LogP contribution < -0.4 is 10.6 Å². The number of rotatable bonds is 8. The Morgan fingerprint density at radius 3 is 2.52 bits per heavy atom. The van der Waals surface area contributed by atoms with Crippen LogP contribution in [0.15, 0.2) is 66.9 Å². The van der Waals surface area contributed by atoms with E-state index < -0.39 is 5.25 Å². The van der Waals surface area contributed by atoms with E-state index in [-0.39, 0.29) is 23.4 Å². The second-order valence-electron chi connectivity index (χ2n) is 6.36. The van der Waals surface area contributed by atoms with Gasteiger partial charge in [0.15, 0.2) is 0 Å². The molecule has 8 heteroatoms. The largest absolute Gasteiger partial charge is 0.325 e. The van der Waals surface area contributed by atoms with Crippen LogP contribution in [-0.2, 0) is 16.1 Å². The molecule has 0 bridgehead atoms. The van der Waals surface area contributed by atoms with Crippen LogP contribution in [0.1, 0.15) is 12.5 Å². The monoisotopic (exact) mass is 412 g/mol. The molecule has 0 aliphatic heterocycles. The van der Waals surface area contributed by atoms with Crippen LogP contribution in [-0.4, -0.2) is 32.6 Å². The van der Waals surface area contributed by atoms with Crippen molar-refractivity contribution in [2.75, 3.05) is 16.4 Å². The number of anilines is 2. The molecule has 1 heterocycles. The molecule has 2 amide bonds. The number of nitrogens with zero attached hydrogens (tertiary/aromatic N) is 2. The van der Waals surface area contributed by atoms with Gasteiger partial charge in [-0.2, -0.15) is 5.10 Å². The van der Waals surface area contributed by atoms with Crippen LogP contribution >= 0.6 is 11.8 Å². The van der Waals surface area contributed by atoms with E-state index in [2.05, 4.69) is 15.7 Å². The first-order valence-corrected chi connectivity index (χ1v) is 10.1. The predicted octanol–water partition coefficient (Wildman–Crippen LogP) is 3.77. The van der Waals surface area contributed by atoms with E-state index in [1.165, 1.54) is 36.0 Å². The minimum Gasteiger partial charge on any atom is -0.325 e. The van der Waals surface area contributed by atoms with Gasteiger partial charge in [-0.25, -0.2) is 9.07 Å². The first-order chi connectivity index (χ1) is 14.0. The van der Waals surface area contributed by atoms with Crippen LogP contribution in [0.2, 0.25) is 0 Å². The number of carbonyl (C=O) groups excluding carboxylic acids is 2. The summed E-state index contributed by atoms with van der Waals surface area (Å²) in [5.41, 5.74) is 1.59. The van der Waals surface area contributed by atoms with Gasteiger partial charge >= 0.3 is 0 Å². The zero-order chi connectivity index (χ0) is 20.6. The second-order valence-corrected chi connectivity index (χ2v) is 7.69. The molecular formula is C21H21FN4O2S. The van der Waals surface area contributed by atoms with Crippen molar-refractivity contribution in [1.29, 1.82) is 0 Å². The van der Waals surface area contributed by atoms with E-state index in [4.69, 9.17) is 0 Å². The minimum atomic E-state index is -0.436. The maximum Gasteiger partial charge on any atom is 0.238 e. The van der Waals surface area contributed by atoms with E-state index >= 15 is 0 Å². The normalized spacial score (nSPS) is 11.7. The molecule has 3 rings (SSSR count). The predicted molar refractivity (Wildman–Crippen MR) is 113 cm³/mol. The van der Waals surface area contributed by atoms with Crippen molar-refractivity contribution in [3.8, 4) is 0 Å². The Morgan fingerprint density at radius 2 is 1.79 bits per heavy atom. The highest BCUT2D eigenvalue weighted by atomic mass is 32.2. The molecule has 0 spiro atoms. The van der Waals surface area contributed by atoms with E-state index in [0.717, 1.165) is 5.56 Å². The molecule has 1 aromatic heterocycles. The van der Waals surface area contributed by atoms with Crippen LogP contribution in [0, 0.1) is 5.82 Å². The Bertz CT molecular complexity index is 960. The van der Waals surface area contributed by atoms with Gasteiger partial charge in [0.25, 0.3) is 0 Å². The van der Waals surface area contributed by atoms with Gasteiger partial charge < -0.3 is 10.6 Å². The average Bonchev–Trinajstić information content (AvgIpc) is 3.15. The summed E-state index contributed by atoms with van der Waals surface area (Å²) in [5.74, 6) is -0.124. The molecule has 0 aliphatic rings. The molecule has 2 aromatic carbocycles. The van der Waals surface area contributed by atoms with Crippen molar-refractivity contribution < 1.29 is 14.0 Å². The number of nitrogens with one attached hydrogen (secondary N) is 2. The highest BCUT2D eigenvalue weighted by Gasteiger charge is 2.17. The lowest BCUT2D eigenvalue weighted by Crippen LogP contribution is -2.26. The molecule has 0 saturated heterocycles. The number of hydrogen-bond donors (Lipinski definition) is 2. The first-order valence-electron chi connectivity index (χ1n) is 9.05. The van der Waals surface area contributed by atoms with Crippen molar-refractivity contribution in [2.24, 2.45) is 0 Å². The zero-order valence-corrected chi connectivity index (χ0v) is 16.7. The number of halogens is 1. The van der Waals surface area contributed by atoms with Gasteiger partial charge in [0.05, 0.1) is 23.7 Å². The van der Waals surface area contributed by atoms with Gasteiger partial charge in [-0.1, -0.05) is 30.3 Å². The minimum absolute atomic E-state index is 0.106. The van der Waals surface area contributed by atoms with Gasteiger partial charge in [0, 0.05) is 11.8 Å². The van der Waals surface area contributed by atoms with Crippen molar-refractivity contribution in [3.63, 3.8) is 0 Å². The molecule has 150 valence electrons. The standard InChI is InChI=1S/C21H21FN4O2S/c1-15(29-14-20(27)24-18-9-7-17(22)8-10-18)21(28)25-19-11-12-23-26(19)13-16-5-3-2-4-6-16/h2-12,15H,13-14H2,1H3,(H,24,27)(H,25,28). The topological polar surface area (TPSA) is 76.0 Å². The molecule has 29 heavy (non-hydrogen) atoms. The third kappa shape index (κ3) is 6.18. The Kier molecular flexibility index (Phi) is 7.02. The SMILES string of the molecule is CC(SCC(=O)Nc1ccc(F)cc1)C(=O)Nc1ccnn1Cc1ccccc1. The van der Waals surface area contributed by atoms with Gasteiger partial charge in [0.1, 0.15) is 11.6 Å². The van der Waals surface area contributed by atoms with Gasteiger partial charge in [-0.15, -0.1) is 11.8 Å². The Morgan fingerprint density at radius 1 is 1.07 bits per heavy atom. The molecule has 3 aromatic rings. The zero-order valence-electron chi connectivity index (χ0n) is 15.8. The van der Waals surface area contributed by atoms with E-state index in [0.29, 0.717) is 18.1 Å². The molecular weight excluding hydrogens is 391 g/mol. The van der Waals surface area contributed by atoms with Gasteiger partial charge in [-0.05, 0) is 36.8 Å². The molecule has 0 aliphatic carbocycles. The van der Waals surface area contributed by atoms with Crippen LogP contribution in [0.4, 0.5) is 15.9 Å². The molecule has 1 unspecified atom stereocenters. The average molecular weight is 412 g/mol. The highest BCUT2D eigenvalue weighted by molar-refractivity contribution is 8.01. The highest BCUT2D eigenvalue weighted by Crippen LogP contribution is 2.16. The molecule has 6 nitrogen and oxygen atoms in total. The maximum absolute atomic E-state index is 12.9. The fourth-order valence-corrected chi connectivity index (χ4v) is 3.24. The molecule has 0 fully saturated rings. The first kappa shape index (κ1) is 20.6. The summed E-state index contributed by atoms with van der Waals surface area (Å²) < 4.78 is 14.6. The van der Waals surface area contributed by atoms with E-state index in [1.807, 2.05) is 30.3 Å². The van der Waals surface area contributed by atoms with E-state index in [1.54, 1.807) is 23.9 Å². The fourth-order valence-electron chi connectivity index (χ4n) is 2.56. The quantitative estimate of drug-likeness (QED) is 0.591. The number of aromatic nitrogens is 2. The summed E-state index contributed by atoms with van der Waals surface area (Å²) in [6.07, 6.45) is 1.63. The third-order valence-electron chi connectivity index (χ3n) is 4.10. The Labute approximate surface area is 172 Å². The summed E-state index contributed by atoms with van der Waals surface area (Å²) in [6, 6.07) is 17.1. The summed E-state index contributed by atoms with van der Waals surface area (Å²) in [5, 5.41) is 9.35. The van der Waals surface area contributed by atoms with Gasteiger partial charge in [-0.3, -0.25) is 9.59 Å². The number of carbonyl (C=O) groups is 2. The van der Waals surface area contributed by atoms with Crippen molar-refractivity contribution >= 4 is 35.1 Å². The summed E-state index contributed by atoms with van der Waals surface area (Å²) in [4.78, 5) is 24.5. The lowest BCUT2D eigenvalue weighted by Gasteiger charge is -2.13. The second kappa shape index (κ2) is 9.88. The number of amides is 2. The molecule has 2 N–H and O–H groups in total. The van der Waals surface area contributed by atoms with Gasteiger partial charge in [0.2, 0.25) is 11.8 Å². The third-order valence-corrected chi connectivity index (χ3v) is 5.25. The summed E-state index contributed by atoms with van der Waals surface area (Å²) in [6.45, 7) is 2.29. The van der Waals surface area contributed by atoms with Crippen LogP contribution in [0.3, 0.4) is 0 Å².